The maximum absolute atomic E-state index is 12.7. The van der Waals surface area contributed by atoms with Crippen LogP contribution < -0.4 is 5.73 Å². The molecule has 128 valence electrons. The molecule has 4 rings (SSSR count). The van der Waals surface area contributed by atoms with Gasteiger partial charge in [0.2, 0.25) is 11.1 Å². The Balaban J connectivity index is 1.53. The van der Waals surface area contributed by atoms with E-state index in [9.17, 15) is 4.79 Å². The maximum Gasteiger partial charge on any atom is 0.253 e. The van der Waals surface area contributed by atoms with Crippen LogP contribution in [0.4, 0.5) is 5.95 Å². The van der Waals surface area contributed by atoms with Crippen molar-refractivity contribution in [2.24, 2.45) is 5.10 Å². The minimum absolute atomic E-state index is 0.117. The van der Waals surface area contributed by atoms with Crippen molar-refractivity contribution in [2.45, 2.75) is 17.6 Å². The van der Waals surface area contributed by atoms with Gasteiger partial charge in [0.05, 0.1) is 18.1 Å². The van der Waals surface area contributed by atoms with E-state index in [0.29, 0.717) is 17.3 Å². The first kappa shape index (κ1) is 15.9. The third-order valence-electron chi connectivity index (χ3n) is 3.65. The van der Waals surface area contributed by atoms with Crippen molar-refractivity contribution in [3.05, 3.63) is 46.5 Å². The summed E-state index contributed by atoms with van der Waals surface area (Å²) in [6.45, 7) is 0. The Morgan fingerprint density at radius 2 is 2.40 bits per heavy atom. The number of nitrogens with two attached hydrogens (primary N) is 1. The van der Waals surface area contributed by atoms with E-state index in [-0.39, 0.29) is 23.7 Å². The standard InChI is InChI=1S/C15H14N6O2S2/c16-14-17-15(19-18-14)25-8-13(22)21-10(12-4-2-6-24-12)7-9(20-21)11-3-1-5-23-11/h1-6,10H,7-8H2,(H3,16,17,18,19). The number of amides is 1. The lowest BCUT2D eigenvalue weighted by Gasteiger charge is -2.20. The molecular formula is C15H14N6O2S2. The molecule has 8 nitrogen and oxygen atoms in total. The van der Waals surface area contributed by atoms with Gasteiger partial charge in [0.1, 0.15) is 11.5 Å². The third-order valence-corrected chi connectivity index (χ3v) is 5.46. The van der Waals surface area contributed by atoms with Crippen LogP contribution in [0, 0.1) is 0 Å². The summed E-state index contributed by atoms with van der Waals surface area (Å²) in [4.78, 5) is 17.8. The van der Waals surface area contributed by atoms with Gasteiger partial charge in [-0.15, -0.1) is 16.4 Å². The molecule has 0 aliphatic carbocycles. The predicted molar refractivity (Wildman–Crippen MR) is 95.3 cm³/mol. The first-order valence-corrected chi connectivity index (χ1v) is 9.35. The molecule has 3 aromatic rings. The molecule has 1 aliphatic heterocycles. The molecule has 0 aromatic carbocycles. The van der Waals surface area contributed by atoms with Gasteiger partial charge >= 0.3 is 0 Å². The molecule has 1 atom stereocenters. The second-order valence-corrected chi connectivity index (χ2v) is 7.21. The number of thiophene rings is 1. The summed E-state index contributed by atoms with van der Waals surface area (Å²) >= 11 is 2.83. The summed E-state index contributed by atoms with van der Waals surface area (Å²) in [7, 11) is 0. The molecule has 25 heavy (non-hydrogen) atoms. The number of carbonyl (C=O) groups is 1. The lowest BCUT2D eigenvalue weighted by molar-refractivity contribution is -0.130. The van der Waals surface area contributed by atoms with Gasteiger partial charge in [-0.05, 0) is 23.6 Å². The summed E-state index contributed by atoms with van der Waals surface area (Å²) in [6, 6.07) is 7.53. The van der Waals surface area contributed by atoms with Crippen molar-refractivity contribution in [2.75, 3.05) is 11.5 Å². The van der Waals surface area contributed by atoms with Crippen molar-refractivity contribution in [3.8, 4) is 0 Å². The van der Waals surface area contributed by atoms with E-state index in [2.05, 4.69) is 20.3 Å². The Morgan fingerprint density at radius 1 is 1.48 bits per heavy atom. The van der Waals surface area contributed by atoms with Gasteiger partial charge < -0.3 is 10.2 Å². The lowest BCUT2D eigenvalue weighted by atomic mass is 10.1. The highest BCUT2D eigenvalue weighted by Gasteiger charge is 2.34. The molecule has 3 N–H and O–H groups in total. The Hall–Kier alpha value is -2.59. The van der Waals surface area contributed by atoms with Crippen LogP contribution in [0.15, 0.2) is 50.6 Å². The van der Waals surface area contributed by atoms with Gasteiger partial charge in [0.25, 0.3) is 5.91 Å². The SMILES string of the molecule is Nc1nc(SCC(=O)N2N=C(c3ccco3)CC2c2cccs2)n[nH]1. The Labute approximate surface area is 151 Å². The van der Waals surface area contributed by atoms with Gasteiger partial charge in [0, 0.05) is 11.3 Å². The van der Waals surface area contributed by atoms with E-state index in [1.54, 1.807) is 17.6 Å². The summed E-state index contributed by atoms with van der Waals surface area (Å²) < 4.78 is 5.43. The van der Waals surface area contributed by atoms with Crippen molar-refractivity contribution in [3.63, 3.8) is 0 Å². The number of thioether (sulfide) groups is 1. The van der Waals surface area contributed by atoms with E-state index >= 15 is 0 Å². The fourth-order valence-corrected chi connectivity index (χ4v) is 4.02. The molecule has 0 saturated carbocycles. The van der Waals surface area contributed by atoms with Gasteiger partial charge in [0.15, 0.2) is 0 Å². The molecule has 4 heterocycles. The quantitative estimate of drug-likeness (QED) is 0.663. The van der Waals surface area contributed by atoms with E-state index in [0.717, 1.165) is 10.6 Å². The van der Waals surface area contributed by atoms with Crippen molar-refractivity contribution in [1.82, 2.24) is 20.2 Å². The fourth-order valence-electron chi connectivity index (χ4n) is 2.55. The number of furan rings is 1. The number of aromatic nitrogens is 3. The summed E-state index contributed by atoms with van der Waals surface area (Å²) in [6.07, 6.45) is 2.23. The van der Waals surface area contributed by atoms with Crippen molar-refractivity contribution >= 4 is 40.7 Å². The molecule has 0 fully saturated rings. The molecule has 0 bridgehead atoms. The molecule has 3 aromatic heterocycles. The van der Waals surface area contributed by atoms with Crippen LogP contribution in [0.5, 0.6) is 0 Å². The second kappa shape index (κ2) is 6.73. The molecule has 0 radical (unpaired) electrons. The molecular weight excluding hydrogens is 360 g/mol. The third kappa shape index (κ3) is 3.30. The largest absolute Gasteiger partial charge is 0.463 e. The zero-order valence-electron chi connectivity index (χ0n) is 13.0. The van der Waals surface area contributed by atoms with E-state index < -0.39 is 0 Å². The van der Waals surface area contributed by atoms with Crippen LogP contribution in [0.1, 0.15) is 23.1 Å². The Morgan fingerprint density at radius 3 is 3.08 bits per heavy atom. The molecule has 0 saturated heterocycles. The number of rotatable bonds is 5. The van der Waals surface area contributed by atoms with Gasteiger partial charge in [-0.3, -0.25) is 4.79 Å². The predicted octanol–water partition coefficient (Wildman–Crippen LogP) is 2.51. The van der Waals surface area contributed by atoms with Crippen LogP contribution in [-0.4, -0.2) is 37.6 Å². The highest BCUT2D eigenvalue weighted by molar-refractivity contribution is 7.99. The van der Waals surface area contributed by atoms with Crippen molar-refractivity contribution in [1.29, 1.82) is 0 Å². The molecule has 10 heteroatoms. The molecule has 1 aliphatic rings. The van der Waals surface area contributed by atoms with Crippen LogP contribution >= 0.6 is 23.1 Å². The number of hydrogen-bond donors (Lipinski definition) is 2. The van der Waals surface area contributed by atoms with Crippen LogP contribution in [0.25, 0.3) is 0 Å². The number of H-pyrrole nitrogens is 1. The monoisotopic (exact) mass is 374 g/mol. The number of nitrogens with one attached hydrogen (secondary N) is 1. The number of anilines is 1. The van der Waals surface area contributed by atoms with E-state index in [1.165, 1.54) is 16.8 Å². The zero-order chi connectivity index (χ0) is 17.2. The van der Waals surface area contributed by atoms with Crippen molar-refractivity contribution < 1.29 is 9.21 Å². The minimum atomic E-state index is -0.120. The summed E-state index contributed by atoms with van der Waals surface area (Å²) in [5, 5.41) is 15.0. The second-order valence-electron chi connectivity index (χ2n) is 5.29. The number of hydrazone groups is 1. The summed E-state index contributed by atoms with van der Waals surface area (Å²) in [5.41, 5.74) is 6.26. The number of aromatic amines is 1. The maximum atomic E-state index is 12.7. The Bertz CT molecular complexity index is 887. The van der Waals surface area contributed by atoms with Crippen LogP contribution in [0.3, 0.4) is 0 Å². The molecule has 1 amide bonds. The first-order chi connectivity index (χ1) is 12.2. The first-order valence-electron chi connectivity index (χ1n) is 7.48. The van der Waals surface area contributed by atoms with E-state index in [4.69, 9.17) is 10.2 Å². The zero-order valence-corrected chi connectivity index (χ0v) is 14.6. The average Bonchev–Trinajstić information content (AvgIpc) is 3.38. The van der Waals surface area contributed by atoms with Gasteiger partial charge in [-0.25, -0.2) is 10.1 Å². The average molecular weight is 374 g/mol. The highest BCUT2D eigenvalue weighted by Crippen LogP contribution is 2.35. The minimum Gasteiger partial charge on any atom is -0.463 e. The normalized spacial score (nSPS) is 17.0. The fraction of sp³-hybridized carbons (Fsp3) is 0.200. The number of hydrogen-bond acceptors (Lipinski definition) is 8. The van der Waals surface area contributed by atoms with Gasteiger partial charge in [-0.2, -0.15) is 10.1 Å². The Kier molecular flexibility index (Phi) is 4.28. The smallest absolute Gasteiger partial charge is 0.253 e. The van der Waals surface area contributed by atoms with Crippen LogP contribution in [-0.2, 0) is 4.79 Å². The molecule has 0 spiro atoms. The topological polar surface area (TPSA) is 113 Å². The number of carbonyl (C=O) groups excluding carboxylic acids is 1. The molecule has 1 unspecified atom stereocenters. The number of nitrogens with zero attached hydrogens (tertiary/aromatic N) is 4. The highest BCUT2D eigenvalue weighted by atomic mass is 32.2. The number of nitrogen functional groups attached to an aromatic ring is 1. The lowest BCUT2D eigenvalue weighted by Crippen LogP contribution is -2.28. The van der Waals surface area contributed by atoms with Gasteiger partial charge in [-0.1, -0.05) is 17.8 Å². The van der Waals surface area contributed by atoms with E-state index in [1.807, 2.05) is 29.6 Å². The van der Waals surface area contributed by atoms with Crippen LogP contribution in [0.2, 0.25) is 0 Å². The summed E-state index contributed by atoms with van der Waals surface area (Å²) in [5.74, 6) is 0.971.